The van der Waals surface area contributed by atoms with Crippen molar-refractivity contribution in [2.75, 3.05) is 41.7 Å². The number of benzene rings is 1. The molecule has 3 saturated heterocycles. The quantitative estimate of drug-likeness (QED) is 0.784. The van der Waals surface area contributed by atoms with Crippen LogP contribution < -0.4 is 15.5 Å². The van der Waals surface area contributed by atoms with Crippen LogP contribution in [0.5, 0.6) is 0 Å². The van der Waals surface area contributed by atoms with Crippen molar-refractivity contribution in [3.63, 3.8) is 0 Å². The molecule has 0 bridgehead atoms. The standard InChI is InChI=1S/C24H36N4O/c1-18-6-5-13-27(18)20-9-14-26(17-20)19-7-8-22(21(25)16-19)28-15-12-24(23(28)29)10-3-2-4-11-24/h7-8,16,18,20H,2-6,9-15,17,25H2,1H3. The zero-order valence-corrected chi connectivity index (χ0v) is 17.9. The third kappa shape index (κ3) is 3.31. The number of carbonyl (C=O) groups excluding carboxylic acids is 1. The molecule has 29 heavy (non-hydrogen) atoms. The van der Waals surface area contributed by atoms with E-state index in [9.17, 15) is 4.79 Å². The highest BCUT2D eigenvalue weighted by Gasteiger charge is 2.47. The van der Waals surface area contributed by atoms with E-state index in [2.05, 4.69) is 34.9 Å². The number of carbonyl (C=O) groups is 1. The molecule has 3 heterocycles. The summed E-state index contributed by atoms with van der Waals surface area (Å²) in [6.07, 6.45) is 10.7. The Morgan fingerprint density at radius 1 is 1.00 bits per heavy atom. The maximum absolute atomic E-state index is 13.3. The van der Waals surface area contributed by atoms with Gasteiger partial charge in [-0.05, 0) is 70.2 Å². The summed E-state index contributed by atoms with van der Waals surface area (Å²) in [6.45, 7) is 6.63. The molecule has 1 spiro atoms. The summed E-state index contributed by atoms with van der Waals surface area (Å²) in [5.74, 6) is 0.320. The van der Waals surface area contributed by atoms with Crippen molar-refractivity contribution < 1.29 is 4.79 Å². The van der Waals surface area contributed by atoms with Crippen molar-refractivity contribution in [1.29, 1.82) is 0 Å². The number of hydrogen-bond donors (Lipinski definition) is 1. The molecule has 5 rings (SSSR count). The van der Waals surface area contributed by atoms with Crippen molar-refractivity contribution in [3.05, 3.63) is 18.2 Å². The molecule has 4 aliphatic rings. The molecule has 158 valence electrons. The van der Waals surface area contributed by atoms with E-state index in [4.69, 9.17) is 5.73 Å². The molecule has 1 saturated carbocycles. The number of nitrogens with zero attached hydrogens (tertiary/aromatic N) is 3. The highest BCUT2D eigenvalue weighted by atomic mass is 16.2. The molecule has 0 radical (unpaired) electrons. The molecule has 0 aromatic heterocycles. The van der Waals surface area contributed by atoms with Gasteiger partial charge in [-0.3, -0.25) is 9.69 Å². The van der Waals surface area contributed by atoms with E-state index in [1.807, 2.05) is 4.90 Å². The lowest BCUT2D eigenvalue weighted by Crippen LogP contribution is -2.39. The summed E-state index contributed by atoms with van der Waals surface area (Å²) in [4.78, 5) is 20.4. The van der Waals surface area contributed by atoms with Gasteiger partial charge in [-0.15, -0.1) is 0 Å². The van der Waals surface area contributed by atoms with Crippen LogP contribution in [0.2, 0.25) is 0 Å². The van der Waals surface area contributed by atoms with E-state index in [0.717, 1.165) is 56.3 Å². The molecule has 4 fully saturated rings. The molecule has 5 nitrogen and oxygen atoms in total. The zero-order valence-electron chi connectivity index (χ0n) is 17.9. The lowest BCUT2D eigenvalue weighted by atomic mass is 9.73. The third-order valence-corrected chi connectivity index (χ3v) is 8.23. The predicted molar refractivity (Wildman–Crippen MR) is 119 cm³/mol. The molecule has 2 unspecified atom stereocenters. The molecule has 1 aromatic rings. The van der Waals surface area contributed by atoms with Crippen LogP contribution in [0.1, 0.15) is 64.7 Å². The van der Waals surface area contributed by atoms with E-state index >= 15 is 0 Å². The van der Waals surface area contributed by atoms with Crippen molar-refractivity contribution in [3.8, 4) is 0 Å². The Morgan fingerprint density at radius 3 is 2.55 bits per heavy atom. The van der Waals surface area contributed by atoms with E-state index in [1.54, 1.807) is 0 Å². The molecule has 2 atom stereocenters. The minimum atomic E-state index is -0.0992. The molecule has 1 aromatic carbocycles. The fourth-order valence-corrected chi connectivity index (χ4v) is 6.47. The van der Waals surface area contributed by atoms with Gasteiger partial charge in [0.2, 0.25) is 5.91 Å². The second-order valence-electron chi connectivity index (χ2n) is 9.91. The van der Waals surface area contributed by atoms with Crippen molar-refractivity contribution >= 4 is 23.0 Å². The van der Waals surface area contributed by atoms with Crippen LogP contribution in [0.25, 0.3) is 0 Å². The van der Waals surface area contributed by atoms with Gasteiger partial charge in [0.1, 0.15) is 0 Å². The van der Waals surface area contributed by atoms with Gasteiger partial charge in [-0.25, -0.2) is 0 Å². The summed E-state index contributed by atoms with van der Waals surface area (Å²) >= 11 is 0. The number of rotatable bonds is 3. The van der Waals surface area contributed by atoms with Gasteiger partial charge >= 0.3 is 0 Å². The number of anilines is 3. The predicted octanol–water partition coefficient (Wildman–Crippen LogP) is 4.02. The fraction of sp³-hybridized carbons (Fsp3) is 0.708. The Morgan fingerprint density at radius 2 is 1.83 bits per heavy atom. The second-order valence-corrected chi connectivity index (χ2v) is 9.91. The van der Waals surface area contributed by atoms with Crippen molar-refractivity contribution in [2.45, 2.75) is 76.8 Å². The van der Waals surface area contributed by atoms with Crippen LogP contribution in [-0.2, 0) is 4.79 Å². The molecule has 2 N–H and O–H groups in total. The SMILES string of the molecule is CC1CCCN1C1CCN(c2ccc(N3CCC4(CCCCC4)C3=O)c(N)c2)C1. The smallest absolute Gasteiger partial charge is 0.233 e. The first-order valence-corrected chi connectivity index (χ1v) is 11.8. The number of nitrogens with two attached hydrogens (primary N) is 1. The second kappa shape index (κ2) is 7.50. The van der Waals surface area contributed by atoms with Gasteiger partial charge in [0, 0.05) is 37.4 Å². The first kappa shape index (κ1) is 19.2. The van der Waals surface area contributed by atoms with Gasteiger partial charge in [0.25, 0.3) is 0 Å². The topological polar surface area (TPSA) is 52.8 Å². The lowest BCUT2D eigenvalue weighted by molar-refractivity contribution is -0.127. The van der Waals surface area contributed by atoms with E-state index in [1.165, 1.54) is 50.8 Å². The van der Waals surface area contributed by atoms with Gasteiger partial charge in [-0.2, -0.15) is 0 Å². The van der Waals surface area contributed by atoms with Crippen LogP contribution >= 0.6 is 0 Å². The van der Waals surface area contributed by atoms with Crippen LogP contribution in [0.4, 0.5) is 17.1 Å². The van der Waals surface area contributed by atoms with Crippen molar-refractivity contribution in [2.24, 2.45) is 5.41 Å². The van der Waals surface area contributed by atoms with Crippen LogP contribution in [0, 0.1) is 5.41 Å². The zero-order chi connectivity index (χ0) is 20.0. The van der Waals surface area contributed by atoms with Gasteiger partial charge in [-0.1, -0.05) is 19.3 Å². The molecule has 5 heteroatoms. The normalized spacial score (nSPS) is 30.0. The van der Waals surface area contributed by atoms with Gasteiger partial charge < -0.3 is 15.5 Å². The number of amides is 1. The number of nitrogen functional groups attached to an aromatic ring is 1. The number of likely N-dealkylation sites (tertiary alicyclic amines) is 1. The average molecular weight is 397 g/mol. The molecular formula is C24H36N4O. The Labute approximate surface area is 175 Å². The first-order valence-electron chi connectivity index (χ1n) is 11.8. The highest BCUT2D eigenvalue weighted by Crippen LogP contribution is 2.47. The molecular weight excluding hydrogens is 360 g/mol. The summed E-state index contributed by atoms with van der Waals surface area (Å²) in [7, 11) is 0. The number of hydrogen-bond acceptors (Lipinski definition) is 4. The monoisotopic (exact) mass is 396 g/mol. The van der Waals surface area contributed by atoms with Gasteiger partial charge in [0.05, 0.1) is 16.8 Å². The summed E-state index contributed by atoms with van der Waals surface area (Å²) in [5, 5.41) is 0. The fourth-order valence-electron chi connectivity index (χ4n) is 6.47. The largest absolute Gasteiger partial charge is 0.397 e. The Kier molecular flexibility index (Phi) is 4.97. The van der Waals surface area contributed by atoms with Crippen LogP contribution in [0.3, 0.4) is 0 Å². The lowest BCUT2D eigenvalue weighted by Gasteiger charge is -2.32. The van der Waals surface area contributed by atoms with Crippen LogP contribution in [-0.4, -0.2) is 49.1 Å². The summed E-state index contributed by atoms with van der Waals surface area (Å²) < 4.78 is 0. The van der Waals surface area contributed by atoms with E-state index < -0.39 is 0 Å². The maximum Gasteiger partial charge on any atom is 0.233 e. The molecule has 1 aliphatic carbocycles. The minimum absolute atomic E-state index is 0.0992. The van der Waals surface area contributed by atoms with Crippen LogP contribution in [0.15, 0.2) is 18.2 Å². The maximum atomic E-state index is 13.3. The van der Waals surface area contributed by atoms with Gasteiger partial charge in [0.15, 0.2) is 0 Å². The third-order valence-electron chi connectivity index (χ3n) is 8.23. The Balaban J connectivity index is 1.29. The van der Waals surface area contributed by atoms with Crippen molar-refractivity contribution in [1.82, 2.24) is 4.90 Å². The molecule has 1 amide bonds. The summed E-state index contributed by atoms with van der Waals surface area (Å²) in [6, 6.07) is 7.77. The van der Waals surface area contributed by atoms with E-state index in [0.29, 0.717) is 11.9 Å². The minimum Gasteiger partial charge on any atom is -0.397 e. The Bertz CT molecular complexity index is 772. The van der Waals surface area contributed by atoms with E-state index in [-0.39, 0.29) is 5.41 Å². The Hall–Kier alpha value is -1.75. The first-order chi connectivity index (χ1) is 14.1. The highest BCUT2D eigenvalue weighted by molar-refractivity contribution is 6.02. The molecule has 3 aliphatic heterocycles. The average Bonchev–Trinajstić information content (AvgIpc) is 3.44. The summed E-state index contributed by atoms with van der Waals surface area (Å²) in [5.41, 5.74) is 9.28.